The molecule has 130 valence electrons. The van der Waals surface area contributed by atoms with E-state index in [1.807, 2.05) is 12.3 Å². The van der Waals surface area contributed by atoms with Crippen LogP contribution in [-0.2, 0) is 4.79 Å². The molecule has 0 aliphatic carbocycles. The van der Waals surface area contributed by atoms with Gasteiger partial charge in [-0.15, -0.1) is 16.4 Å². The predicted molar refractivity (Wildman–Crippen MR) is 94.9 cm³/mol. The summed E-state index contributed by atoms with van der Waals surface area (Å²) in [4.78, 5) is 16.7. The van der Waals surface area contributed by atoms with E-state index in [0.717, 1.165) is 5.01 Å². The van der Waals surface area contributed by atoms with Crippen LogP contribution < -0.4 is 10.1 Å². The van der Waals surface area contributed by atoms with Crippen molar-refractivity contribution in [1.29, 1.82) is 0 Å². The monoisotopic (exact) mass is 378 g/mol. The van der Waals surface area contributed by atoms with Crippen LogP contribution >= 0.6 is 22.9 Å². The molecule has 0 aliphatic heterocycles. The van der Waals surface area contributed by atoms with E-state index in [9.17, 15) is 4.79 Å². The maximum Gasteiger partial charge on any atom is 0.322 e. The van der Waals surface area contributed by atoms with Gasteiger partial charge in [0, 0.05) is 10.4 Å². The van der Waals surface area contributed by atoms with E-state index in [-0.39, 0.29) is 11.9 Å². The van der Waals surface area contributed by atoms with Gasteiger partial charge in [0.15, 0.2) is 5.60 Å². The minimum atomic E-state index is -1.15. The van der Waals surface area contributed by atoms with Gasteiger partial charge in [0.05, 0.1) is 5.01 Å². The van der Waals surface area contributed by atoms with Gasteiger partial charge in [-0.3, -0.25) is 10.1 Å². The lowest BCUT2D eigenvalue weighted by Crippen LogP contribution is -2.42. The zero-order chi connectivity index (χ0) is 18.0. The lowest BCUT2D eigenvalue weighted by Gasteiger charge is -2.24. The largest absolute Gasteiger partial charge is 0.478 e. The van der Waals surface area contributed by atoms with Crippen LogP contribution in [0, 0.1) is 6.92 Å². The van der Waals surface area contributed by atoms with Crippen molar-refractivity contribution in [1.82, 2.24) is 15.2 Å². The lowest BCUT2D eigenvalue weighted by molar-refractivity contribution is -0.128. The van der Waals surface area contributed by atoms with Crippen molar-refractivity contribution < 1.29 is 13.9 Å². The normalized spacial score (nSPS) is 11.4. The number of ether oxygens (including phenoxy) is 1. The molecule has 2 aromatic heterocycles. The van der Waals surface area contributed by atoms with Crippen LogP contribution in [0.4, 0.5) is 6.01 Å². The minimum Gasteiger partial charge on any atom is -0.478 e. The summed E-state index contributed by atoms with van der Waals surface area (Å²) in [5.41, 5.74) is -0.577. The fraction of sp³-hybridized carbons (Fsp3) is 0.250. The van der Waals surface area contributed by atoms with Gasteiger partial charge >= 0.3 is 6.01 Å². The predicted octanol–water partition coefficient (Wildman–Crippen LogP) is 3.95. The molecule has 0 bridgehead atoms. The zero-order valence-electron chi connectivity index (χ0n) is 13.7. The number of anilines is 1. The highest BCUT2D eigenvalue weighted by Gasteiger charge is 2.31. The third-order valence-electron chi connectivity index (χ3n) is 3.22. The Labute approximate surface area is 153 Å². The lowest BCUT2D eigenvalue weighted by atomic mass is 10.1. The maximum absolute atomic E-state index is 12.5. The van der Waals surface area contributed by atoms with E-state index in [0.29, 0.717) is 16.5 Å². The Bertz CT molecular complexity index is 889. The summed E-state index contributed by atoms with van der Waals surface area (Å²) in [7, 11) is 0. The second-order valence-electron chi connectivity index (χ2n) is 5.68. The van der Waals surface area contributed by atoms with Gasteiger partial charge in [0.1, 0.15) is 11.4 Å². The average molecular weight is 379 g/mol. The van der Waals surface area contributed by atoms with Gasteiger partial charge in [0.2, 0.25) is 0 Å². The number of nitrogens with one attached hydrogen (secondary N) is 1. The SMILES string of the molecule is Cc1nc(-c2nnc(NC(=O)C(C)(C)Oc3ccc(Cl)cc3)o2)cs1. The van der Waals surface area contributed by atoms with Crippen LogP contribution in [0.1, 0.15) is 18.9 Å². The number of carbonyl (C=O) groups is 1. The van der Waals surface area contributed by atoms with Gasteiger partial charge in [-0.1, -0.05) is 16.7 Å². The van der Waals surface area contributed by atoms with Crippen LogP contribution in [0.25, 0.3) is 11.6 Å². The van der Waals surface area contributed by atoms with Crippen LogP contribution in [0.3, 0.4) is 0 Å². The first-order chi connectivity index (χ1) is 11.8. The number of halogens is 1. The second-order valence-corrected chi connectivity index (χ2v) is 7.18. The number of thiazole rings is 1. The third-order valence-corrected chi connectivity index (χ3v) is 4.24. The molecular formula is C16H15ClN4O3S. The highest BCUT2D eigenvalue weighted by Crippen LogP contribution is 2.24. The summed E-state index contributed by atoms with van der Waals surface area (Å²) in [6, 6.07) is 6.73. The molecule has 25 heavy (non-hydrogen) atoms. The second kappa shape index (κ2) is 6.81. The Morgan fingerprint density at radius 1 is 1.28 bits per heavy atom. The molecule has 0 unspecified atom stereocenters. The van der Waals surface area contributed by atoms with Crippen LogP contribution in [0.15, 0.2) is 34.1 Å². The maximum atomic E-state index is 12.5. The molecule has 0 radical (unpaired) electrons. The third kappa shape index (κ3) is 4.15. The van der Waals surface area contributed by atoms with Crippen molar-refractivity contribution in [3.8, 4) is 17.3 Å². The number of amides is 1. The number of aromatic nitrogens is 3. The Balaban J connectivity index is 1.68. The van der Waals surface area contributed by atoms with E-state index in [1.165, 1.54) is 11.3 Å². The fourth-order valence-corrected chi connectivity index (χ4v) is 2.64. The summed E-state index contributed by atoms with van der Waals surface area (Å²) in [6.45, 7) is 5.15. The highest BCUT2D eigenvalue weighted by atomic mass is 35.5. The van der Waals surface area contributed by atoms with Crippen molar-refractivity contribution in [3.63, 3.8) is 0 Å². The van der Waals surface area contributed by atoms with E-state index < -0.39 is 11.5 Å². The Morgan fingerprint density at radius 2 is 2.00 bits per heavy atom. The average Bonchev–Trinajstić information content (AvgIpc) is 3.18. The molecule has 3 rings (SSSR count). The minimum absolute atomic E-state index is 0.0153. The number of benzene rings is 1. The topological polar surface area (TPSA) is 90.1 Å². The molecule has 1 aromatic carbocycles. The van der Waals surface area contributed by atoms with Crippen LogP contribution in [-0.4, -0.2) is 26.7 Å². The Hall–Kier alpha value is -2.45. The molecule has 0 atom stereocenters. The summed E-state index contributed by atoms with van der Waals surface area (Å²) < 4.78 is 11.1. The fourth-order valence-electron chi connectivity index (χ4n) is 1.93. The molecule has 3 aromatic rings. The summed E-state index contributed by atoms with van der Waals surface area (Å²) >= 11 is 7.31. The molecule has 0 saturated heterocycles. The summed E-state index contributed by atoms with van der Waals surface area (Å²) in [5.74, 6) is 0.344. The molecule has 0 fully saturated rings. The number of nitrogens with zero attached hydrogens (tertiary/aromatic N) is 3. The number of aryl methyl sites for hydroxylation is 1. The van der Waals surface area contributed by atoms with Gasteiger partial charge in [0.25, 0.3) is 11.8 Å². The first-order valence-electron chi connectivity index (χ1n) is 7.35. The van der Waals surface area contributed by atoms with Crippen molar-refractivity contribution in [2.45, 2.75) is 26.4 Å². The smallest absolute Gasteiger partial charge is 0.322 e. The molecule has 0 spiro atoms. The van der Waals surface area contributed by atoms with Crippen molar-refractivity contribution in [2.24, 2.45) is 0 Å². The van der Waals surface area contributed by atoms with Crippen LogP contribution in [0.2, 0.25) is 5.02 Å². The van der Waals surface area contributed by atoms with E-state index >= 15 is 0 Å². The molecule has 1 amide bonds. The first-order valence-corrected chi connectivity index (χ1v) is 8.61. The highest BCUT2D eigenvalue weighted by molar-refractivity contribution is 7.09. The number of hydrogen-bond acceptors (Lipinski definition) is 7. The number of rotatable bonds is 5. The van der Waals surface area contributed by atoms with Gasteiger partial charge < -0.3 is 9.15 Å². The van der Waals surface area contributed by atoms with Gasteiger partial charge in [-0.2, -0.15) is 0 Å². The standard InChI is InChI=1S/C16H15ClN4O3S/c1-9-18-12(8-25-9)13-20-21-15(23-13)19-14(22)16(2,3)24-11-6-4-10(17)5-7-11/h4-8H,1-3H3,(H,19,21,22). The molecular weight excluding hydrogens is 364 g/mol. The molecule has 2 heterocycles. The van der Waals surface area contributed by atoms with Crippen molar-refractivity contribution >= 4 is 34.9 Å². The first kappa shape index (κ1) is 17.4. The zero-order valence-corrected chi connectivity index (χ0v) is 15.3. The molecule has 1 N–H and O–H groups in total. The van der Waals surface area contributed by atoms with E-state index in [1.54, 1.807) is 38.1 Å². The van der Waals surface area contributed by atoms with Crippen LogP contribution in [0.5, 0.6) is 5.75 Å². The Kier molecular flexibility index (Phi) is 4.73. The van der Waals surface area contributed by atoms with Gasteiger partial charge in [-0.25, -0.2) is 4.98 Å². The number of carbonyl (C=O) groups excluding carboxylic acids is 1. The van der Waals surface area contributed by atoms with E-state index in [4.69, 9.17) is 20.8 Å². The number of hydrogen-bond donors (Lipinski definition) is 1. The molecule has 9 heteroatoms. The molecule has 0 saturated carbocycles. The summed E-state index contributed by atoms with van der Waals surface area (Å²) in [5, 5.41) is 13.5. The Morgan fingerprint density at radius 3 is 2.64 bits per heavy atom. The molecule has 0 aliphatic rings. The molecule has 7 nitrogen and oxygen atoms in total. The van der Waals surface area contributed by atoms with E-state index in [2.05, 4.69) is 20.5 Å². The summed E-state index contributed by atoms with van der Waals surface area (Å²) in [6.07, 6.45) is 0. The van der Waals surface area contributed by atoms with Crippen molar-refractivity contribution in [2.75, 3.05) is 5.32 Å². The quantitative estimate of drug-likeness (QED) is 0.722. The van der Waals surface area contributed by atoms with Crippen molar-refractivity contribution in [3.05, 3.63) is 39.7 Å². The van der Waals surface area contributed by atoms with Gasteiger partial charge in [-0.05, 0) is 45.0 Å².